The lowest BCUT2D eigenvalue weighted by atomic mass is 9.86. The fraction of sp³-hybridized carbons (Fsp3) is 0.364. The summed E-state index contributed by atoms with van der Waals surface area (Å²) in [5.74, 6) is 7.79. The van der Waals surface area contributed by atoms with Gasteiger partial charge in [0.1, 0.15) is 11.5 Å². The second kappa shape index (κ2) is 8.27. The molecule has 3 rings (SSSR count). The molecule has 0 bridgehead atoms. The Bertz CT molecular complexity index is 718. The molecular weight excluding hydrogens is 326 g/mol. The highest BCUT2D eigenvalue weighted by Crippen LogP contribution is 2.31. The third-order valence-corrected chi connectivity index (χ3v) is 4.79. The number of hydrogen-bond donors (Lipinski definition) is 1. The molecule has 0 aliphatic carbocycles. The quantitative estimate of drug-likeness (QED) is 0.841. The van der Waals surface area contributed by atoms with E-state index in [-0.39, 0.29) is 0 Å². The van der Waals surface area contributed by atoms with E-state index in [1.54, 1.807) is 14.2 Å². The van der Waals surface area contributed by atoms with Crippen LogP contribution in [0.25, 0.3) is 0 Å². The monoisotopic (exact) mass is 351 g/mol. The number of hydrogen-bond acceptors (Lipinski definition) is 4. The van der Waals surface area contributed by atoms with Crippen LogP contribution in [0.3, 0.4) is 0 Å². The summed E-state index contributed by atoms with van der Waals surface area (Å²) in [6.45, 7) is 2.84. The highest BCUT2D eigenvalue weighted by molar-refractivity contribution is 5.47. The summed E-state index contributed by atoms with van der Waals surface area (Å²) < 4.78 is 10.5. The Hall–Kier alpha value is -2.48. The molecular formula is C22H25NO3. The first kappa shape index (κ1) is 18.3. The Morgan fingerprint density at radius 3 is 1.77 bits per heavy atom. The largest absolute Gasteiger partial charge is 0.497 e. The molecule has 0 saturated carbocycles. The molecule has 1 aliphatic heterocycles. The van der Waals surface area contributed by atoms with Crippen LogP contribution in [-0.2, 0) is 5.60 Å². The van der Waals surface area contributed by atoms with Gasteiger partial charge in [-0.15, -0.1) is 0 Å². The molecule has 1 fully saturated rings. The van der Waals surface area contributed by atoms with Gasteiger partial charge in [-0.1, -0.05) is 36.1 Å². The molecule has 4 nitrogen and oxygen atoms in total. The average Bonchev–Trinajstić information content (AvgIpc) is 3.21. The van der Waals surface area contributed by atoms with Gasteiger partial charge >= 0.3 is 0 Å². The highest BCUT2D eigenvalue weighted by atomic mass is 16.5. The maximum Gasteiger partial charge on any atom is 0.176 e. The van der Waals surface area contributed by atoms with Crippen LogP contribution in [-0.4, -0.2) is 43.9 Å². The summed E-state index contributed by atoms with van der Waals surface area (Å²) in [4.78, 5) is 2.31. The summed E-state index contributed by atoms with van der Waals surface area (Å²) in [6.07, 6.45) is 2.45. The van der Waals surface area contributed by atoms with E-state index in [0.29, 0.717) is 6.54 Å². The molecule has 0 amide bonds. The number of likely N-dealkylation sites (tertiary alicyclic amines) is 1. The Balaban J connectivity index is 1.94. The second-order valence-electron chi connectivity index (χ2n) is 6.45. The number of nitrogens with zero attached hydrogens (tertiary/aromatic N) is 1. The molecule has 0 atom stereocenters. The van der Waals surface area contributed by atoms with E-state index in [1.807, 2.05) is 48.5 Å². The second-order valence-corrected chi connectivity index (χ2v) is 6.45. The summed E-state index contributed by atoms with van der Waals surface area (Å²) >= 11 is 0. The van der Waals surface area contributed by atoms with E-state index in [0.717, 1.165) is 35.7 Å². The Kier molecular flexibility index (Phi) is 5.82. The van der Waals surface area contributed by atoms with Crippen LogP contribution in [0.4, 0.5) is 0 Å². The minimum absolute atomic E-state index is 0.675. The van der Waals surface area contributed by atoms with Crippen molar-refractivity contribution < 1.29 is 14.6 Å². The van der Waals surface area contributed by atoms with Crippen LogP contribution in [0.15, 0.2) is 48.5 Å². The lowest BCUT2D eigenvalue weighted by Gasteiger charge is -2.24. The summed E-state index contributed by atoms with van der Waals surface area (Å²) in [7, 11) is 3.25. The molecule has 0 radical (unpaired) electrons. The molecule has 0 aromatic heterocycles. The van der Waals surface area contributed by atoms with Crippen LogP contribution < -0.4 is 9.47 Å². The average molecular weight is 351 g/mol. The van der Waals surface area contributed by atoms with Crippen molar-refractivity contribution in [2.24, 2.45) is 0 Å². The van der Waals surface area contributed by atoms with Crippen molar-refractivity contribution >= 4 is 0 Å². The van der Waals surface area contributed by atoms with E-state index < -0.39 is 5.60 Å². The van der Waals surface area contributed by atoms with Gasteiger partial charge in [-0.25, -0.2) is 0 Å². The molecule has 2 aromatic carbocycles. The SMILES string of the molecule is COc1ccc(C(O)(C#CCN2CCCC2)c2ccc(OC)cc2)cc1. The predicted octanol–water partition coefficient (Wildman–Crippen LogP) is 3.04. The van der Waals surface area contributed by atoms with E-state index in [2.05, 4.69) is 16.7 Å². The standard InChI is InChI=1S/C22H25NO3/c1-25-20-10-6-18(7-11-20)22(24,14-5-17-23-15-3-4-16-23)19-8-12-21(26-2)13-9-19/h6-13,24H,3-4,15-17H2,1-2H3. The van der Waals surface area contributed by atoms with E-state index in [1.165, 1.54) is 12.8 Å². The molecule has 2 aromatic rings. The van der Waals surface area contributed by atoms with Gasteiger partial charge in [0.15, 0.2) is 5.60 Å². The fourth-order valence-electron chi connectivity index (χ4n) is 3.20. The van der Waals surface area contributed by atoms with Crippen LogP contribution in [0.5, 0.6) is 11.5 Å². The van der Waals surface area contributed by atoms with E-state index in [4.69, 9.17) is 9.47 Å². The van der Waals surface area contributed by atoms with Gasteiger partial charge in [0.05, 0.1) is 20.8 Å². The zero-order chi connectivity index (χ0) is 18.4. The first-order valence-corrected chi connectivity index (χ1v) is 8.89. The van der Waals surface area contributed by atoms with Gasteiger partial charge in [0.2, 0.25) is 0 Å². The smallest absolute Gasteiger partial charge is 0.176 e. The Labute approximate surface area is 155 Å². The zero-order valence-electron chi connectivity index (χ0n) is 15.4. The van der Waals surface area contributed by atoms with Crippen molar-refractivity contribution in [1.29, 1.82) is 0 Å². The first-order chi connectivity index (χ1) is 12.7. The van der Waals surface area contributed by atoms with Crippen molar-refractivity contribution in [3.05, 3.63) is 59.7 Å². The Morgan fingerprint density at radius 2 is 1.35 bits per heavy atom. The molecule has 4 heteroatoms. The van der Waals surface area contributed by atoms with Crippen LogP contribution in [0.2, 0.25) is 0 Å². The molecule has 1 saturated heterocycles. The Morgan fingerprint density at radius 1 is 0.885 bits per heavy atom. The molecule has 136 valence electrons. The minimum Gasteiger partial charge on any atom is -0.497 e. The van der Waals surface area contributed by atoms with Gasteiger partial charge in [-0.2, -0.15) is 0 Å². The predicted molar refractivity (Wildman–Crippen MR) is 102 cm³/mol. The lowest BCUT2D eigenvalue weighted by molar-refractivity contribution is 0.145. The lowest BCUT2D eigenvalue weighted by Crippen LogP contribution is -2.26. The normalized spacial score (nSPS) is 14.6. The molecule has 26 heavy (non-hydrogen) atoms. The maximum atomic E-state index is 11.5. The number of ether oxygens (including phenoxy) is 2. The van der Waals surface area contributed by atoms with Crippen molar-refractivity contribution in [1.82, 2.24) is 4.90 Å². The summed E-state index contributed by atoms with van der Waals surface area (Å²) in [6, 6.07) is 14.8. The molecule has 1 aliphatic rings. The highest BCUT2D eigenvalue weighted by Gasteiger charge is 2.29. The minimum atomic E-state index is -1.38. The van der Waals surface area contributed by atoms with Crippen molar-refractivity contribution in [3.63, 3.8) is 0 Å². The maximum absolute atomic E-state index is 11.5. The topological polar surface area (TPSA) is 41.9 Å². The third kappa shape index (κ3) is 4.01. The van der Waals surface area contributed by atoms with Crippen molar-refractivity contribution in [3.8, 4) is 23.3 Å². The first-order valence-electron chi connectivity index (χ1n) is 8.89. The molecule has 0 unspecified atom stereocenters. The number of benzene rings is 2. The molecule has 1 heterocycles. The van der Waals surface area contributed by atoms with Gasteiger partial charge in [-0.3, -0.25) is 4.90 Å². The number of rotatable bonds is 5. The van der Waals surface area contributed by atoms with Crippen LogP contribution in [0.1, 0.15) is 24.0 Å². The molecule has 0 spiro atoms. The third-order valence-electron chi connectivity index (χ3n) is 4.79. The van der Waals surface area contributed by atoms with Gasteiger partial charge in [-0.05, 0) is 50.2 Å². The van der Waals surface area contributed by atoms with Crippen LogP contribution in [0, 0.1) is 11.8 Å². The number of methoxy groups -OCH3 is 2. The van der Waals surface area contributed by atoms with E-state index >= 15 is 0 Å². The van der Waals surface area contributed by atoms with Gasteiger partial charge < -0.3 is 14.6 Å². The fourth-order valence-corrected chi connectivity index (χ4v) is 3.20. The zero-order valence-corrected chi connectivity index (χ0v) is 15.4. The van der Waals surface area contributed by atoms with Crippen molar-refractivity contribution in [2.75, 3.05) is 33.9 Å². The van der Waals surface area contributed by atoms with Crippen molar-refractivity contribution in [2.45, 2.75) is 18.4 Å². The number of aliphatic hydroxyl groups is 1. The van der Waals surface area contributed by atoms with Gasteiger partial charge in [0.25, 0.3) is 0 Å². The van der Waals surface area contributed by atoms with Crippen LogP contribution >= 0.6 is 0 Å². The summed E-state index contributed by atoms with van der Waals surface area (Å²) in [5.41, 5.74) is 0.0629. The summed E-state index contributed by atoms with van der Waals surface area (Å²) in [5, 5.41) is 11.5. The van der Waals surface area contributed by atoms with E-state index in [9.17, 15) is 5.11 Å². The van der Waals surface area contributed by atoms with Gasteiger partial charge in [0, 0.05) is 11.1 Å². The molecule has 1 N–H and O–H groups in total.